The van der Waals surface area contributed by atoms with Crippen molar-refractivity contribution in [1.29, 1.82) is 0 Å². The summed E-state index contributed by atoms with van der Waals surface area (Å²) in [5.41, 5.74) is 0. The van der Waals surface area contributed by atoms with E-state index in [0.29, 0.717) is 6.61 Å². The molecule has 0 aliphatic carbocycles. The van der Waals surface area contributed by atoms with Crippen molar-refractivity contribution in [1.82, 2.24) is 5.32 Å². The molecule has 0 bridgehead atoms. The number of rotatable bonds is 5. The van der Waals surface area contributed by atoms with Crippen molar-refractivity contribution in [3.05, 3.63) is 0 Å². The zero-order valence-electron chi connectivity index (χ0n) is 6.29. The third-order valence-corrected chi connectivity index (χ3v) is 0.874. The molecule has 0 rings (SSSR count). The van der Waals surface area contributed by atoms with Gasteiger partial charge in [-0.1, -0.05) is 0 Å². The van der Waals surface area contributed by atoms with E-state index in [9.17, 15) is 9.59 Å². The molecule has 64 valence electrons. The molecule has 0 aliphatic heterocycles. The maximum Gasteiger partial charge on any atom is 0.322 e. The van der Waals surface area contributed by atoms with E-state index in [1.807, 2.05) is 0 Å². The lowest BCUT2D eigenvalue weighted by atomic mass is 10.6. The monoisotopic (exact) mass is 161 g/mol. The Kier molecular flexibility index (Phi) is 5.10. The van der Waals surface area contributed by atoms with Crippen LogP contribution in [0.2, 0.25) is 0 Å². The number of nitrogens with one attached hydrogen (secondary N) is 1. The highest BCUT2D eigenvalue weighted by Gasteiger charge is 2.01. The topological polar surface area (TPSA) is 75.6 Å². The average Bonchev–Trinajstić information content (AvgIpc) is 1.97. The summed E-state index contributed by atoms with van der Waals surface area (Å²) in [6, 6.07) is 0. The fraction of sp³-hybridized carbons (Fsp3) is 0.667. The molecule has 0 saturated heterocycles. The number of hydrogen-bond acceptors (Lipinski definition) is 3. The number of carboxylic acids is 1. The predicted octanol–water partition coefficient (Wildman–Crippen LogP) is -0.776. The molecular formula is C6H11NO4. The minimum atomic E-state index is -1.06. The highest BCUT2D eigenvalue weighted by Crippen LogP contribution is 1.72. The molecule has 0 spiro atoms. The molecule has 2 N–H and O–H groups in total. The van der Waals surface area contributed by atoms with Gasteiger partial charge in [-0.15, -0.1) is 0 Å². The summed E-state index contributed by atoms with van der Waals surface area (Å²) in [6.45, 7) is 1.76. The van der Waals surface area contributed by atoms with Crippen molar-refractivity contribution in [2.45, 2.75) is 6.92 Å². The summed E-state index contributed by atoms with van der Waals surface area (Å²) in [7, 11) is 0. The summed E-state index contributed by atoms with van der Waals surface area (Å²) < 4.78 is 4.72. The summed E-state index contributed by atoms with van der Waals surface area (Å²) in [5, 5.41) is 10.3. The molecular weight excluding hydrogens is 150 g/mol. The van der Waals surface area contributed by atoms with E-state index in [1.54, 1.807) is 6.92 Å². The molecule has 0 unspecified atom stereocenters. The van der Waals surface area contributed by atoms with Crippen molar-refractivity contribution in [3.63, 3.8) is 0 Å². The summed E-state index contributed by atoms with van der Waals surface area (Å²) >= 11 is 0. The summed E-state index contributed by atoms with van der Waals surface area (Å²) in [4.78, 5) is 20.5. The molecule has 5 heteroatoms. The van der Waals surface area contributed by atoms with Crippen molar-refractivity contribution in [2.24, 2.45) is 0 Å². The molecule has 0 atom stereocenters. The first kappa shape index (κ1) is 9.90. The molecule has 0 radical (unpaired) electrons. The van der Waals surface area contributed by atoms with E-state index in [1.165, 1.54) is 0 Å². The molecule has 0 aliphatic rings. The van der Waals surface area contributed by atoms with Gasteiger partial charge in [-0.25, -0.2) is 0 Å². The van der Waals surface area contributed by atoms with Crippen LogP contribution in [0.5, 0.6) is 0 Å². The quantitative estimate of drug-likeness (QED) is 0.554. The first-order valence-corrected chi connectivity index (χ1v) is 3.23. The fourth-order valence-electron chi connectivity index (χ4n) is 0.420. The lowest BCUT2D eigenvalue weighted by molar-refractivity contribution is -0.138. The lowest BCUT2D eigenvalue weighted by Crippen LogP contribution is -2.32. The van der Waals surface area contributed by atoms with E-state index in [-0.39, 0.29) is 13.2 Å². The van der Waals surface area contributed by atoms with Gasteiger partial charge >= 0.3 is 5.97 Å². The summed E-state index contributed by atoms with van der Waals surface area (Å²) in [5.74, 6) is -1.47. The Bertz CT molecular complexity index is 146. The molecule has 1 amide bonds. The Morgan fingerprint density at radius 2 is 2.18 bits per heavy atom. The normalized spacial score (nSPS) is 9.18. The summed E-state index contributed by atoms with van der Waals surface area (Å²) in [6.07, 6.45) is 0. The van der Waals surface area contributed by atoms with Gasteiger partial charge in [0.15, 0.2) is 0 Å². The number of aliphatic carboxylic acids is 1. The van der Waals surface area contributed by atoms with Crippen LogP contribution in [0, 0.1) is 0 Å². The Morgan fingerprint density at radius 3 is 2.64 bits per heavy atom. The highest BCUT2D eigenvalue weighted by molar-refractivity contribution is 5.81. The molecule has 0 heterocycles. The molecule has 0 fully saturated rings. The van der Waals surface area contributed by atoms with Gasteiger partial charge in [0.25, 0.3) is 0 Å². The number of hydrogen-bond donors (Lipinski definition) is 2. The molecule has 5 nitrogen and oxygen atoms in total. The number of carbonyl (C=O) groups excluding carboxylic acids is 1. The van der Waals surface area contributed by atoms with Gasteiger partial charge in [-0.2, -0.15) is 0 Å². The predicted molar refractivity (Wildman–Crippen MR) is 37.1 cm³/mol. The maximum atomic E-state index is 10.6. The van der Waals surface area contributed by atoms with Crippen LogP contribution < -0.4 is 5.32 Å². The van der Waals surface area contributed by atoms with E-state index < -0.39 is 11.9 Å². The van der Waals surface area contributed by atoms with Crippen molar-refractivity contribution >= 4 is 11.9 Å². The Labute approximate surface area is 64.3 Å². The van der Waals surface area contributed by atoms with E-state index in [0.717, 1.165) is 0 Å². The second-order valence-electron chi connectivity index (χ2n) is 1.81. The van der Waals surface area contributed by atoms with E-state index >= 15 is 0 Å². The Balaban J connectivity index is 3.30. The standard InChI is InChI=1S/C6H11NO4/c1-2-11-4-5(8)7-3-6(9)10/h2-4H2,1H3,(H,7,8)(H,9,10). The van der Waals surface area contributed by atoms with Gasteiger partial charge in [-0.05, 0) is 6.92 Å². The number of amides is 1. The zero-order chi connectivity index (χ0) is 8.69. The van der Waals surface area contributed by atoms with Gasteiger partial charge in [-0.3, -0.25) is 9.59 Å². The van der Waals surface area contributed by atoms with Crippen LogP contribution in [0.15, 0.2) is 0 Å². The lowest BCUT2D eigenvalue weighted by Gasteiger charge is -2.00. The minimum Gasteiger partial charge on any atom is -0.480 e. The van der Waals surface area contributed by atoms with Crippen LogP contribution in [0.25, 0.3) is 0 Å². The smallest absolute Gasteiger partial charge is 0.322 e. The van der Waals surface area contributed by atoms with Crippen LogP contribution in [0.1, 0.15) is 6.92 Å². The van der Waals surface area contributed by atoms with Crippen LogP contribution in [-0.2, 0) is 14.3 Å². The van der Waals surface area contributed by atoms with Crippen LogP contribution >= 0.6 is 0 Å². The second kappa shape index (κ2) is 5.67. The minimum absolute atomic E-state index is 0.0796. The second-order valence-corrected chi connectivity index (χ2v) is 1.81. The Hall–Kier alpha value is -1.10. The largest absolute Gasteiger partial charge is 0.480 e. The first-order valence-electron chi connectivity index (χ1n) is 3.23. The fourth-order valence-corrected chi connectivity index (χ4v) is 0.420. The van der Waals surface area contributed by atoms with Crippen LogP contribution in [0.3, 0.4) is 0 Å². The number of carbonyl (C=O) groups is 2. The molecule has 0 aromatic carbocycles. The van der Waals surface area contributed by atoms with Gasteiger partial charge in [0.2, 0.25) is 5.91 Å². The van der Waals surface area contributed by atoms with Gasteiger partial charge < -0.3 is 15.2 Å². The third kappa shape index (κ3) is 6.79. The van der Waals surface area contributed by atoms with E-state index in [4.69, 9.17) is 9.84 Å². The first-order chi connectivity index (χ1) is 5.16. The Morgan fingerprint density at radius 1 is 1.55 bits per heavy atom. The average molecular weight is 161 g/mol. The third-order valence-electron chi connectivity index (χ3n) is 0.874. The van der Waals surface area contributed by atoms with E-state index in [2.05, 4.69) is 5.32 Å². The van der Waals surface area contributed by atoms with Crippen molar-refractivity contribution < 1.29 is 19.4 Å². The van der Waals surface area contributed by atoms with Crippen LogP contribution in [0.4, 0.5) is 0 Å². The molecule has 11 heavy (non-hydrogen) atoms. The van der Waals surface area contributed by atoms with Crippen molar-refractivity contribution in [2.75, 3.05) is 19.8 Å². The molecule has 0 aromatic heterocycles. The number of carboxylic acid groups (broad SMARTS) is 1. The van der Waals surface area contributed by atoms with Gasteiger partial charge in [0.1, 0.15) is 13.2 Å². The highest BCUT2D eigenvalue weighted by atomic mass is 16.5. The van der Waals surface area contributed by atoms with Gasteiger partial charge in [0.05, 0.1) is 0 Å². The van der Waals surface area contributed by atoms with Gasteiger partial charge in [0, 0.05) is 6.61 Å². The van der Waals surface area contributed by atoms with Crippen LogP contribution in [-0.4, -0.2) is 36.7 Å². The molecule has 0 saturated carbocycles. The number of ether oxygens (including phenoxy) is 1. The molecule has 0 aromatic rings. The SMILES string of the molecule is CCOCC(=O)NCC(=O)O. The zero-order valence-corrected chi connectivity index (χ0v) is 6.29. The maximum absolute atomic E-state index is 10.6. The van der Waals surface area contributed by atoms with Crippen molar-refractivity contribution in [3.8, 4) is 0 Å².